The molecule has 116 valence electrons. The van der Waals surface area contributed by atoms with Crippen LogP contribution in [0.4, 0.5) is 0 Å². The van der Waals surface area contributed by atoms with Crippen molar-refractivity contribution in [1.29, 1.82) is 0 Å². The first-order valence-corrected chi connectivity index (χ1v) is 8.39. The molecule has 0 aliphatic heterocycles. The minimum absolute atomic E-state index is 0.762. The first-order chi connectivity index (χ1) is 11.1. The van der Waals surface area contributed by atoms with Crippen molar-refractivity contribution < 1.29 is 0 Å². The third-order valence-corrected chi connectivity index (χ3v) is 4.58. The number of fused-ring (bicyclic) bond motifs is 1. The molecule has 0 atom stereocenters. The average Bonchev–Trinajstić information content (AvgIpc) is 2.96. The molecule has 2 aromatic carbocycles. The second-order valence-electron chi connectivity index (χ2n) is 5.95. The van der Waals surface area contributed by atoms with Gasteiger partial charge in [-0.2, -0.15) is 0 Å². The molecule has 0 spiro atoms. The van der Waals surface area contributed by atoms with Gasteiger partial charge in [0.2, 0.25) is 0 Å². The smallest absolute Gasteiger partial charge is 0.0528 e. The number of terminal acetylenes is 1. The second kappa shape index (κ2) is 6.52. The summed E-state index contributed by atoms with van der Waals surface area (Å²) < 4.78 is 2.14. The lowest BCUT2D eigenvalue weighted by Crippen LogP contribution is -1.98. The fourth-order valence-electron chi connectivity index (χ4n) is 2.98. The third-order valence-electron chi connectivity index (χ3n) is 4.24. The summed E-state index contributed by atoms with van der Waals surface area (Å²) in [5.74, 6) is 2.81. The van der Waals surface area contributed by atoms with Crippen molar-refractivity contribution in [3.05, 3.63) is 64.3 Å². The molecule has 23 heavy (non-hydrogen) atoms. The molecule has 3 rings (SSSR count). The maximum atomic E-state index is 6.53. The van der Waals surface area contributed by atoms with Gasteiger partial charge in [-0.25, -0.2) is 0 Å². The van der Waals surface area contributed by atoms with E-state index in [1.165, 1.54) is 10.9 Å². The van der Waals surface area contributed by atoms with E-state index >= 15 is 0 Å². The Morgan fingerprint density at radius 3 is 2.74 bits per heavy atom. The van der Waals surface area contributed by atoms with Crippen molar-refractivity contribution in [2.24, 2.45) is 0 Å². The Morgan fingerprint density at radius 1 is 1.17 bits per heavy atom. The molecule has 1 nitrogen and oxygen atoms in total. The molecular weight excluding hydrogens is 302 g/mol. The minimum Gasteiger partial charge on any atom is -0.316 e. The van der Waals surface area contributed by atoms with Gasteiger partial charge in [0.15, 0.2) is 0 Å². The number of hydrogen-bond acceptors (Lipinski definition) is 0. The summed E-state index contributed by atoms with van der Waals surface area (Å²) in [5, 5.41) is 1.98. The zero-order chi connectivity index (χ0) is 16.4. The van der Waals surface area contributed by atoms with Crippen molar-refractivity contribution in [2.45, 2.75) is 33.1 Å². The number of halogens is 1. The Hall–Kier alpha value is -2.17. The van der Waals surface area contributed by atoms with Crippen LogP contribution in [0.5, 0.6) is 0 Å². The zero-order valence-electron chi connectivity index (χ0n) is 13.6. The molecule has 0 fully saturated rings. The predicted octanol–water partition coefficient (Wildman–Crippen LogP) is 5.92. The molecule has 0 amide bonds. The molecule has 0 aliphatic rings. The van der Waals surface area contributed by atoms with E-state index in [2.05, 4.69) is 60.9 Å². The average molecular weight is 322 g/mol. The Morgan fingerprint density at radius 2 is 2.00 bits per heavy atom. The number of unbranched alkanes of at least 4 members (excludes halogenated alkanes) is 1. The first-order valence-electron chi connectivity index (χ1n) is 8.01. The van der Waals surface area contributed by atoms with Gasteiger partial charge in [0.25, 0.3) is 0 Å². The van der Waals surface area contributed by atoms with Crippen LogP contribution in [0.3, 0.4) is 0 Å². The third kappa shape index (κ3) is 3.00. The van der Waals surface area contributed by atoms with Crippen molar-refractivity contribution in [1.82, 2.24) is 4.57 Å². The van der Waals surface area contributed by atoms with Gasteiger partial charge in [0.1, 0.15) is 0 Å². The van der Waals surface area contributed by atoms with E-state index in [0.717, 1.165) is 46.6 Å². The lowest BCUT2D eigenvalue weighted by molar-refractivity contribution is 0.793. The van der Waals surface area contributed by atoms with Crippen LogP contribution in [-0.2, 0) is 6.42 Å². The van der Waals surface area contributed by atoms with E-state index < -0.39 is 0 Å². The monoisotopic (exact) mass is 321 g/mol. The highest BCUT2D eigenvalue weighted by molar-refractivity contribution is 6.31. The van der Waals surface area contributed by atoms with Crippen LogP contribution in [-0.4, -0.2) is 4.57 Å². The first kappa shape index (κ1) is 15.7. The number of benzene rings is 2. The van der Waals surface area contributed by atoms with Gasteiger partial charge in [-0.1, -0.05) is 42.5 Å². The highest BCUT2D eigenvalue weighted by Crippen LogP contribution is 2.28. The maximum absolute atomic E-state index is 6.53. The molecule has 0 aliphatic carbocycles. The van der Waals surface area contributed by atoms with Crippen LogP contribution >= 0.6 is 11.6 Å². The van der Waals surface area contributed by atoms with Crippen LogP contribution in [0.25, 0.3) is 16.6 Å². The van der Waals surface area contributed by atoms with Gasteiger partial charge in [-0.05, 0) is 55.7 Å². The van der Waals surface area contributed by atoms with E-state index in [-0.39, 0.29) is 0 Å². The Kier molecular flexibility index (Phi) is 4.46. The summed E-state index contributed by atoms with van der Waals surface area (Å²) in [7, 11) is 0. The normalized spacial score (nSPS) is 10.9. The van der Waals surface area contributed by atoms with Crippen LogP contribution in [0.15, 0.2) is 42.6 Å². The molecule has 0 unspecified atom stereocenters. The Bertz CT molecular complexity index is 896. The fraction of sp³-hybridized carbons (Fsp3) is 0.238. The number of nitrogens with zero attached hydrogens (tertiary/aromatic N) is 1. The number of hydrogen-bond donors (Lipinski definition) is 0. The highest BCUT2D eigenvalue weighted by Gasteiger charge is 2.11. The molecular formula is C21H20ClN. The summed E-state index contributed by atoms with van der Waals surface area (Å²) in [6.07, 6.45) is 11.0. The topological polar surface area (TPSA) is 4.93 Å². The van der Waals surface area contributed by atoms with Crippen molar-refractivity contribution in [3.8, 4) is 18.0 Å². The zero-order valence-corrected chi connectivity index (χ0v) is 14.3. The van der Waals surface area contributed by atoms with E-state index in [9.17, 15) is 0 Å². The fourth-order valence-corrected chi connectivity index (χ4v) is 3.29. The van der Waals surface area contributed by atoms with Crippen LogP contribution in [0, 0.1) is 19.3 Å². The molecule has 0 N–H and O–H groups in total. The maximum Gasteiger partial charge on any atom is 0.0528 e. The molecule has 0 saturated heterocycles. The Balaban J connectivity index is 2.12. The number of aromatic nitrogens is 1. The SMILES string of the molecule is C#Cc1cc(-n2ccc3cc(C)ccc32)cc(Cl)c1CCCC. The molecule has 0 radical (unpaired) electrons. The summed E-state index contributed by atoms with van der Waals surface area (Å²) in [6, 6.07) is 12.7. The van der Waals surface area contributed by atoms with Crippen molar-refractivity contribution in [2.75, 3.05) is 0 Å². The van der Waals surface area contributed by atoms with Gasteiger partial charge >= 0.3 is 0 Å². The van der Waals surface area contributed by atoms with Crippen molar-refractivity contribution in [3.63, 3.8) is 0 Å². The van der Waals surface area contributed by atoms with Gasteiger partial charge in [0.05, 0.1) is 5.52 Å². The summed E-state index contributed by atoms with van der Waals surface area (Å²) in [4.78, 5) is 0. The standard InChI is InChI=1S/C21H20ClN/c1-4-6-7-19-16(5-2)13-18(14-20(19)22)23-11-10-17-12-15(3)8-9-21(17)23/h2,8-14H,4,6-7H2,1,3H3. The van der Waals surface area contributed by atoms with Crippen LogP contribution < -0.4 is 0 Å². The van der Waals surface area contributed by atoms with E-state index in [1.54, 1.807) is 0 Å². The molecule has 0 saturated carbocycles. The minimum atomic E-state index is 0.762. The highest BCUT2D eigenvalue weighted by atomic mass is 35.5. The quantitative estimate of drug-likeness (QED) is 0.526. The number of aryl methyl sites for hydroxylation is 1. The number of rotatable bonds is 4. The van der Waals surface area contributed by atoms with Crippen LogP contribution in [0.1, 0.15) is 36.5 Å². The van der Waals surface area contributed by atoms with Crippen molar-refractivity contribution >= 4 is 22.5 Å². The summed E-state index contributed by atoms with van der Waals surface area (Å²) in [5.41, 5.74) is 5.42. The van der Waals surface area contributed by atoms with Crippen LogP contribution in [0.2, 0.25) is 5.02 Å². The van der Waals surface area contributed by atoms with Gasteiger partial charge in [0, 0.05) is 27.9 Å². The largest absolute Gasteiger partial charge is 0.316 e. The van der Waals surface area contributed by atoms with E-state index in [0.29, 0.717) is 0 Å². The predicted molar refractivity (Wildman–Crippen MR) is 99.6 cm³/mol. The van der Waals surface area contributed by atoms with Gasteiger partial charge in [-0.15, -0.1) is 6.42 Å². The van der Waals surface area contributed by atoms with Gasteiger partial charge < -0.3 is 4.57 Å². The van der Waals surface area contributed by atoms with E-state index in [1.807, 2.05) is 6.07 Å². The molecule has 1 heterocycles. The second-order valence-corrected chi connectivity index (χ2v) is 6.36. The lowest BCUT2D eigenvalue weighted by Gasteiger charge is -2.12. The molecule has 2 heteroatoms. The molecule has 1 aromatic heterocycles. The summed E-state index contributed by atoms with van der Waals surface area (Å²) >= 11 is 6.53. The molecule has 3 aromatic rings. The Labute approximate surface area is 142 Å². The summed E-state index contributed by atoms with van der Waals surface area (Å²) in [6.45, 7) is 4.28. The van der Waals surface area contributed by atoms with E-state index in [4.69, 9.17) is 18.0 Å². The lowest BCUT2D eigenvalue weighted by atomic mass is 10.0. The molecule has 0 bridgehead atoms. The van der Waals surface area contributed by atoms with Gasteiger partial charge in [-0.3, -0.25) is 0 Å².